The van der Waals surface area contributed by atoms with Crippen molar-refractivity contribution in [2.24, 2.45) is 5.92 Å². The van der Waals surface area contributed by atoms with E-state index in [1.807, 2.05) is 13.0 Å². The van der Waals surface area contributed by atoms with Gasteiger partial charge in [-0.15, -0.1) is 6.58 Å². The number of fused-ring (bicyclic) bond motifs is 2. The predicted molar refractivity (Wildman–Crippen MR) is 56.0 cm³/mol. The van der Waals surface area contributed by atoms with Gasteiger partial charge in [-0.3, -0.25) is 14.9 Å². The van der Waals surface area contributed by atoms with Gasteiger partial charge in [-0.1, -0.05) is 6.08 Å². The Morgan fingerprint density at radius 3 is 2.87 bits per heavy atom. The molecular weight excluding hydrogens is 192 g/mol. The zero-order chi connectivity index (χ0) is 11.1. The molecule has 3 rings (SSSR count). The molecule has 2 saturated heterocycles. The molecule has 1 atom stereocenters. The van der Waals surface area contributed by atoms with Crippen LogP contribution >= 0.6 is 0 Å². The molecule has 2 N–H and O–H groups in total. The summed E-state index contributed by atoms with van der Waals surface area (Å²) in [4.78, 5) is 22.9. The van der Waals surface area contributed by atoms with Gasteiger partial charge < -0.3 is 5.32 Å². The number of nitrogens with one attached hydrogen (secondary N) is 2. The maximum absolute atomic E-state index is 11.7. The number of piperidine rings is 2. The lowest BCUT2D eigenvalue weighted by Crippen LogP contribution is -2.73. The van der Waals surface area contributed by atoms with E-state index in [1.54, 1.807) is 0 Å². The minimum Gasteiger partial charge on any atom is -0.300 e. The van der Waals surface area contributed by atoms with Gasteiger partial charge in [-0.05, 0) is 26.2 Å². The van der Waals surface area contributed by atoms with Gasteiger partial charge in [0.1, 0.15) is 5.54 Å². The van der Waals surface area contributed by atoms with Gasteiger partial charge in [0, 0.05) is 12.0 Å². The van der Waals surface area contributed by atoms with Crippen LogP contribution in [0.5, 0.6) is 0 Å². The summed E-state index contributed by atoms with van der Waals surface area (Å²) < 4.78 is 0. The summed E-state index contributed by atoms with van der Waals surface area (Å²) in [5.41, 5.74) is -0.485. The van der Waals surface area contributed by atoms with E-state index in [4.69, 9.17) is 0 Å². The second kappa shape index (κ2) is 3.45. The minimum absolute atomic E-state index is 0.0335. The lowest BCUT2D eigenvalue weighted by atomic mass is 9.64. The highest BCUT2D eigenvalue weighted by molar-refractivity contribution is 6.07. The van der Waals surface area contributed by atoms with Crippen molar-refractivity contribution >= 4 is 11.8 Å². The molecule has 4 nitrogen and oxygen atoms in total. The maximum Gasteiger partial charge on any atom is 0.246 e. The van der Waals surface area contributed by atoms with Crippen molar-refractivity contribution in [2.45, 2.75) is 37.8 Å². The van der Waals surface area contributed by atoms with Gasteiger partial charge in [0.05, 0.1) is 0 Å². The van der Waals surface area contributed by atoms with Crippen molar-refractivity contribution < 1.29 is 9.59 Å². The van der Waals surface area contributed by atoms with Gasteiger partial charge in [0.2, 0.25) is 11.8 Å². The van der Waals surface area contributed by atoms with E-state index in [0.29, 0.717) is 12.8 Å². The highest BCUT2D eigenvalue weighted by Crippen LogP contribution is 2.41. The van der Waals surface area contributed by atoms with Gasteiger partial charge in [0.25, 0.3) is 0 Å². The fraction of sp³-hybridized carbons (Fsp3) is 0.636. The van der Waals surface area contributed by atoms with E-state index < -0.39 is 5.54 Å². The molecule has 15 heavy (non-hydrogen) atoms. The van der Waals surface area contributed by atoms with Crippen LogP contribution in [0.1, 0.15) is 26.2 Å². The molecule has 2 aliphatic heterocycles. The third-order valence-electron chi connectivity index (χ3n) is 3.27. The maximum atomic E-state index is 11.7. The molecule has 2 bridgehead atoms. The smallest absolute Gasteiger partial charge is 0.246 e. The van der Waals surface area contributed by atoms with Gasteiger partial charge in [-0.2, -0.15) is 0 Å². The molecule has 0 radical (unpaired) electrons. The number of carbonyl (C=O) groups excluding carboxylic acids is 2. The Kier molecular flexibility index (Phi) is 2.38. The van der Waals surface area contributed by atoms with E-state index in [1.165, 1.54) is 0 Å². The number of hydrogen-bond donors (Lipinski definition) is 2. The highest BCUT2D eigenvalue weighted by atomic mass is 16.2. The zero-order valence-electron chi connectivity index (χ0n) is 8.88. The van der Waals surface area contributed by atoms with Crippen LogP contribution < -0.4 is 10.6 Å². The first-order chi connectivity index (χ1) is 7.07. The average molecular weight is 208 g/mol. The first-order valence-corrected chi connectivity index (χ1v) is 5.31. The lowest BCUT2D eigenvalue weighted by molar-refractivity contribution is -0.153. The van der Waals surface area contributed by atoms with Crippen molar-refractivity contribution in [1.29, 1.82) is 0 Å². The van der Waals surface area contributed by atoms with Crippen molar-refractivity contribution in [3.05, 3.63) is 12.7 Å². The lowest BCUT2D eigenvalue weighted by Gasteiger charge is -2.51. The first kappa shape index (κ1) is 10.4. The second-order valence-electron chi connectivity index (χ2n) is 4.58. The highest BCUT2D eigenvalue weighted by Gasteiger charge is 2.57. The van der Waals surface area contributed by atoms with Crippen molar-refractivity contribution in [1.82, 2.24) is 10.6 Å². The Labute approximate surface area is 89.1 Å². The van der Waals surface area contributed by atoms with Crippen molar-refractivity contribution in [3.63, 3.8) is 0 Å². The van der Waals surface area contributed by atoms with Crippen LogP contribution in [0.25, 0.3) is 0 Å². The molecule has 82 valence electrons. The summed E-state index contributed by atoms with van der Waals surface area (Å²) in [6.45, 7) is 5.69. The van der Waals surface area contributed by atoms with Crippen LogP contribution in [-0.4, -0.2) is 23.4 Å². The molecule has 2 amide bonds. The van der Waals surface area contributed by atoms with Gasteiger partial charge in [0.15, 0.2) is 0 Å². The van der Waals surface area contributed by atoms with Crippen LogP contribution in [0.2, 0.25) is 0 Å². The summed E-state index contributed by atoms with van der Waals surface area (Å²) in [5.74, 6) is -0.239. The average Bonchev–Trinajstić information content (AvgIpc) is 2.08. The Balaban J connectivity index is 2.01. The molecule has 1 saturated carbocycles. The van der Waals surface area contributed by atoms with Gasteiger partial charge >= 0.3 is 0 Å². The summed E-state index contributed by atoms with van der Waals surface area (Å²) in [6.07, 6.45) is 3.96. The molecule has 0 aromatic heterocycles. The number of rotatable bonds is 4. The molecule has 1 unspecified atom stereocenters. The minimum atomic E-state index is -0.485. The summed E-state index contributed by atoms with van der Waals surface area (Å²) in [7, 11) is 0. The van der Waals surface area contributed by atoms with Crippen molar-refractivity contribution in [2.75, 3.05) is 0 Å². The summed E-state index contributed by atoms with van der Waals surface area (Å²) in [6, 6.07) is 0.224. The third kappa shape index (κ3) is 1.59. The number of amides is 2. The normalized spacial score (nSPS) is 35.4. The van der Waals surface area contributed by atoms with Crippen LogP contribution in [-0.2, 0) is 9.59 Å². The SMILES string of the molecule is C=CCC(C)NC12CC(C1)C(=O)NC2=O. The third-order valence-corrected chi connectivity index (χ3v) is 3.27. The second-order valence-corrected chi connectivity index (χ2v) is 4.58. The van der Waals surface area contributed by atoms with Crippen LogP contribution in [0.4, 0.5) is 0 Å². The quantitative estimate of drug-likeness (QED) is 0.517. The van der Waals surface area contributed by atoms with Crippen LogP contribution in [0.3, 0.4) is 0 Å². The number of hydrogen-bond acceptors (Lipinski definition) is 3. The molecule has 0 aromatic rings. The fourth-order valence-electron chi connectivity index (χ4n) is 2.45. The molecule has 0 aromatic carbocycles. The van der Waals surface area contributed by atoms with E-state index in [9.17, 15) is 9.59 Å². The molecular formula is C11H16N2O2. The first-order valence-electron chi connectivity index (χ1n) is 5.31. The van der Waals surface area contributed by atoms with E-state index in [2.05, 4.69) is 17.2 Å². The molecule has 3 fully saturated rings. The van der Waals surface area contributed by atoms with Crippen LogP contribution in [0.15, 0.2) is 12.7 Å². The monoisotopic (exact) mass is 208 g/mol. The largest absolute Gasteiger partial charge is 0.300 e. The summed E-state index contributed by atoms with van der Waals surface area (Å²) in [5, 5.41) is 5.70. The Morgan fingerprint density at radius 2 is 2.33 bits per heavy atom. The van der Waals surface area contributed by atoms with Crippen molar-refractivity contribution in [3.8, 4) is 0 Å². The Hall–Kier alpha value is -1.16. The zero-order valence-corrected chi connectivity index (χ0v) is 8.88. The summed E-state index contributed by atoms with van der Waals surface area (Å²) >= 11 is 0. The molecule has 2 heterocycles. The Morgan fingerprint density at radius 1 is 1.67 bits per heavy atom. The topological polar surface area (TPSA) is 58.2 Å². The number of imide groups is 1. The van der Waals surface area contributed by atoms with E-state index in [0.717, 1.165) is 6.42 Å². The number of carbonyl (C=O) groups is 2. The van der Waals surface area contributed by atoms with Crippen LogP contribution in [0, 0.1) is 5.92 Å². The fourth-order valence-corrected chi connectivity index (χ4v) is 2.45. The standard InChI is InChI=1S/C11H16N2O2/c1-3-4-7(2)13-11-5-8(6-11)9(14)12-10(11)15/h3,7-8,13H,1,4-6H2,2H3,(H,12,14,15). The van der Waals surface area contributed by atoms with E-state index in [-0.39, 0.29) is 23.8 Å². The molecule has 3 aliphatic rings. The van der Waals surface area contributed by atoms with E-state index >= 15 is 0 Å². The van der Waals surface area contributed by atoms with Gasteiger partial charge in [-0.25, -0.2) is 0 Å². The molecule has 4 heteroatoms. The molecule has 1 aliphatic carbocycles. The Bertz CT molecular complexity index is 319. The molecule has 0 spiro atoms. The predicted octanol–water partition coefficient (Wildman–Crippen LogP) is 0.346.